The van der Waals surface area contributed by atoms with Gasteiger partial charge in [-0.05, 0) is 67.8 Å². The molecule has 0 bridgehead atoms. The normalized spacial score (nSPS) is 13.4. The number of ether oxygens (including phenoxy) is 1. The van der Waals surface area contributed by atoms with Crippen molar-refractivity contribution in [1.82, 2.24) is 0 Å². The molecule has 44 heavy (non-hydrogen) atoms. The first-order valence-electron chi connectivity index (χ1n) is 15.2. The van der Waals surface area contributed by atoms with Gasteiger partial charge in [-0.1, -0.05) is 158 Å². The van der Waals surface area contributed by atoms with Crippen molar-refractivity contribution in [2.24, 2.45) is 0 Å². The third-order valence-corrected chi connectivity index (χ3v) is 9.39. The summed E-state index contributed by atoms with van der Waals surface area (Å²) >= 11 is 0. The molecule has 1 aliphatic carbocycles. The molecule has 1 nitrogen and oxygen atoms in total. The molecule has 0 amide bonds. The Labute approximate surface area is 257 Å². The lowest BCUT2D eigenvalue weighted by Crippen LogP contribution is -2.32. The Bertz CT molecular complexity index is 2130. The van der Waals surface area contributed by atoms with E-state index in [0.717, 1.165) is 17.1 Å². The van der Waals surface area contributed by atoms with Crippen molar-refractivity contribution >= 4 is 0 Å². The summed E-state index contributed by atoms with van der Waals surface area (Å²) in [5.74, 6) is 1.83. The van der Waals surface area contributed by atoms with Crippen molar-refractivity contribution < 1.29 is 4.74 Å². The van der Waals surface area contributed by atoms with Crippen LogP contribution in [-0.2, 0) is 5.41 Å². The first kappa shape index (κ1) is 24.9. The first-order valence-corrected chi connectivity index (χ1v) is 15.2. The zero-order valence-corrected chi connectivity index (χ0v) is 24.1. The molecular formula is C43H28O. The molecule has 0 fully saturated rings. The highest BCUT2D eigenvalue weighted by molar-refractivity contribution is 5.89. The maximum Gasteiger partial charge on any atom is 0.132 e. The van der Waals surface area contributed by atoms with E-state index >= 15 is 0 Å². The molecule has 1 heteroatoms. The molecule has 0 atom stereocenters. The van der Waals surface area contributed by atoms with Gasteiger partial charge in [-0.25, -0.2) is 0 Å². The summed E-state index contributed by atoms with van der Waals surface area (Å²) in [5, 5.41) is 0. The molecule has 0 unspecified atom stereocenters. The highest BCUT2D eigenvalue weighted by Crippen LogP contribution is 2.62. The quantitative estimate of drug-likeness (QED) is 0.209. The Morgan fingerprint density at radius 3 is 1.30 bits per heavy atom. The maximum absolute atomic E-state index is 6.70. The molecule has 7 aromatic carbocycles. The Morgan fingerprint density at radius 2 is 0.705 bits per heavy atom. The minimum atomic E-state index is -0.425. The smallest absolute Gasteiger partial charge is 0.132 e. The van der Waals surface area contributed by atoms with Crippen LogP contribution in [0.25, 0.3) is 44.5 Å². The lowest BCUT2D eigenvalue weighted by molar-refractivity contribution is 0.436. The molecule has 1 aliphatic heterocycles. The molecule has 0 radical (unpaired) electrons. The van der Waals surface area contributed by atoms with Gasteiger partial charge in [-0.3, -0.25) is 0 Å². The van der Waals surface area contributed by atoms with Crippen LogP contribution >= 0.6 is 0 Å². The number of hydrogen-bond acceptors (Lipinski definition) is 1. The van der Waals surface area contributed by atoms with Crippen LogP contribution in [0.3, 0.4) is 0 Å². The van der Waals surface area contributed by atoms with E-state index in [1.807, 2.05) is 0 Å². The van der Waals surface area contributed by atoms with Crippen LogP contribution < -0.4 is 4.74 Å². The Balaban J connectivity index is 1.13. The summed E-state index contributed by atoms with van der Waals surface area (Å²) in [6.07, 6.45) is 0. The summed E-state index contributed by atoms with van der Waals surface area (Å²) in [6, 6.07) is 61.2. The minimum absolute atomic E-state index is 0.425. The van der Waals surface area contributed by atoms with E-state index in [9.17, 15) is 0 Å². The van der Waals surface area contributed by atoms with Crippen LogP contribution in [0.15, 0.2) is 170 Å². The average molecular weight is 561 g/mol. The maximum atomic E-state index is 6.70. The van der Waals surface area contributed by atoms with Gasteiger partial charge >= 0.3 is 0 Å². The molecule has 2 aliphatic rings. The van der Waals surface area contributed by atoms with Crippen molar-refractivity contribution in [2.45, 2.75) is 5.41 Å². The van der Waals surface area contributed by atoms with Gasteiger partial charge in [0.05, 0.1) is 5.41 Å². The highest BCUT2D eigenvalue weighted by Gasteiger charge is 2.50. The van der Waals surface area contributed by atoms with Crippen LogP contribution in [0.2, 0.25) is 0 Å². The van der Waals surface area contributed by atoms with Gasteiger partial charge in [0.1, 0.15) is 11.5 Å². The standard InChI is InChI=1S/C43H28O/c1-2-10-29(11-3-1)30-18-20-31(21-19-30)32-22-24-33(25-23-32)34-26-27-40-42(28-34)44-41-17-9-8-16-39(41)43(40)37-14-6-4-12-35(37)36-13-5-7-15-38(36)43/h1-28H. The van der Waals surface area contributed by atoms with E-state index in [1.165, 1.54) is 61.2 Å². The number of benzene rings is 7. The molecule has 0 N–H and O–H groups in total. The molecule has 7 aromatic rings. The van der Waals surface area contributed by atoms with Gasteiger partial charge in [0, 0.05) is 11.1 Å². The molecule has 0 saturated heterocycles. The van der Waals surface area contributed by atoms with Gasteiger partial charge in [-0.2, -0.15) is 0 Å². The van der Waals surface area contributed by atoms with Gasteiger partial charge in [0.2, 0.25) is 0 Å². The third-order valence-electron chi connectivity index (χ3n) is 9.39. The average Bonchev–Trinajstić information content (AvgIpc) is 3.39. The number of hydrogen-bond donors (Lipinski definition) is 0. The topological polar surface area (TPSA) is 9.23 Å². The summed E-state index contributed by atoms with van der Waals surface area (Å²) < 4.78 is 6.70. The second-order valence-electron chi connectivity index (χ2n) is 11.7. The van der Waals surface area contributed by atoms with Gasteiger partial charge in [0.25, 0.3) is 0 Å². The molecular weight excluding hydrogens is 532 g/mol. The summed E-state index contributed by atoms with van der Waals surface area (Å²) in [7, 11) is 0. The van der Waals surface area contributed by atoms with Crippen LogP contribution in [0.1, 0.15) is 22.3 Å². The fourth-order valence-corrected chi connectivity index (χ4v) is 7.38. The van der Waals surface area contributed by atoms with E-state index in [0.29, 0.717) is 0 Å². The first-order chi connectivity index (χ1) is 21.8. The van der Waals surface area contributed by atoms with Crippen molar-refractivity contribution in [3.8, 4) is 56.0 Å². The lowest BCUT2D eigenvalue weighted by atomic mass is 9.66. The van der Waals surface area contributed by atoms with E-state index in [2.05, 4.69) is 170 Å². The van der Waals surface area contributed by atoms with Crippen molar-refractivity contribution in [3.05, 3.63) is 192 Å². The predicted molar refractivity (Wildman–Crippen MR) is 180 cm³/mol. The van der Waals surface area contributed by atoms with Crippen LogP contribution in [0.5, 0.6) is 11.5 Å². The number of fused-ring (bicyclic) bond motifs is 9. The van der Waals surface area contributed by atoms with E-state index < -0.39 is 5.41 Å². The fourth-order valence-electron chi connectivity index (χ4n) is 7.38. The fraction of sp³-hybridized carbons (Fsp3) is 0.0233. The summed E-state index contributed by atoms with van der Waals surface area (Å²) in [4.78, 5) is 0. The molecule has 206 valence electrons. The largest absolute Gasteiger partial charge is 0.457 e. The third kappa shape index (κ3) is 3.60. The second kappa shape index (κ2) is 9.69. The Morgan fingerprint density at radius 1 is 0.295 bits per heavy atom. The molecule has 1 heterocycles. The number of para-hydroxylation sites is 1. The van der Waals surface area contributed by atoms with Crippen LogP contribution in [0.4, 0.5) is 0 Å². The second-order valence-corrected chi connectivity index (χ2v) is 11.7. The van der Waals surface area contributed by atoms with Gasteiger partial charge in [0.15, 0.2) is 0 Å². The van der Waals surface area contributed by atoms with Crippen molar-refractivity contribution in [1.29, 1.82) is 0 Å². The molecule has 9 rings (SSSR count). The van der Waals surface area contributed by atoms with E-state index in [-0.39, 0.29) is 0 Å². The zero-order chi connectivity index (χ0) is 29.1. The van der Waals surface area contributed by atoms with Crippen molar-refractivity contribution in [3.63, 3.8) is 0 Å². The predicted octanol–water partition coefficient (Wildman–Crippen LogP) is 11.2. The molecule has 0 aromatic heterocycles. The van der Waals surface area contributed by atoms with E-state index in [1.54, 1.807) is 0 Å². The van der Waals surface area contributed by atoms with Crippen LogP contribution in [-0.4, -0.2) is 0 Å². The lowest BCUT2D eigenvalue weighted by Gasteiger charge is -2.39. The zero-order valence-electron chi connectivity index (χ0n) is 24.1. The molecule has 1 spiro atoms. The Hall–Kier alpha value is -5.66. The van der Waals surface area contributed by atoms with Crippen molar-refractivity contribution in [2.75, 3.05) is 0 Å². The van der Waals surface area contributed by atoms with Gasteiger partial charge in [-0.15, -0.1) is 0 Å². The SMILES string of the molecule is c1ccc(-c2ccc(-c3ccc(-c4ccc5c(c4)Oc4ccccc4C54c5ccccc5-c5ccccc54)cc3)cc2)cc1. The molecule has 0 saturated carbocycles. The van der Waals surface area contributed by atoms with Gasteiger partial charge < -0.3 is 4.74 Å². The minimum Gasteiger partial charge on any atom is -0.457 e. The van der Waals surface area contributed by atoms with Crippen LogP contribution in [0, 0.1) is 0 Å². The van der Waals surface area contributed by atoms with E-state index in [4.69, 9.17) is 4.74 Å². The summed E-state index contributed by atoms with van der Waals surface area (Å²) in [5.41, 5.74) is 14.4. The summed E-state index contributed by atoms with van der Waals surface area (Å²) in [6.45, 7) is 0. The Kier molecular flexibility index (Phi) is 5.48. The highest BCUT2D eigenvalue weighted by atomic mass is 16.5. The monoisotopic (exact) mass is 560 g/mol. The number of rotatable bonds is 3.